The first-order valence-corrected chi connectivity index (χ1v) is 5.85. The van der Waals surface area contributed by atoms with Crippen LogP contribution in [0.3, 0.4) is 0 Å². The second-order valence-corrected chi connectivity index (χ2v) is 4.73. The van der Waals surface area contributed by atoms with E-state index in [-0.39, 0.29) is 11.9 Å². The molecule has 17 heavy (non-hydrogen) atoms. The van der Waals surface area contributed by atoms with Crippen LogP contribution in [0.15, 0.2) is 24.3 Å². The molecule has 1 N–H and O–H groups in total. The average Bonchev–Trinajstić information content (AvgIpc) is 2.30. The van der Waals surface area contributed by atoms with Crippen molar-refractivity contribution >= 4 is 12.2 Å². The molecule has 3 saturated heterocycles. The SMILES string of the molecule is O=Cc1cccc(CN2CC3CC(N3)C2=O)c1. The Labute approximate surface area is 99.6 Å². The maximum atomic E-state index is 11.9. The van der Waals surface area contributed by atoms with Crippen LogP contribution in [-0.4, -0.2) is 35.7 Å². The largest absolute Gasteiger partial charge is 0.335 e. The molecule has 3 aliphatic heterocycles. The summed E-state index contributed by atoms with van der Waals surface area (Å²) >= 11 is 0. The molecule has 0 spiro atoms. The Morgan fingerprint density at radius 2 is 2.29 bits per heavy atom. The van der Waals surface area contributed by atoms with Crippen LogP contribution in [0.25, 0.3) is 0 Å². The van der Waals surface area contributed by atoms with Gasteiger partial charge in [0.15, 0.2) is 0 Å². The minimum atomic E-state index is 0.0306. The van der Waals surface area contributed by atoms with Gasteiger partial charge in [0.2, 0.25) is 5.91 Å². The Bertz CT molecular complexity index is 466. The van der Waals surface area contributed by atoms with E-state index in [1.807, 2.05) is 23.1 Å². The Morgan fingerprint density at radius 3 is 3.00 bits per heavy atom. The summed E-state index contributed by atoms with van der Waals surface area (Å²) in [6.45, 7) is 1.38. The summed E-state index contributed by atoms with van der Waals surface area (Å²) in [5.74, 6) is 0.184. The predicted octanol–water partition coefficient (Wildman–Crippen LogP) is 0.572. The van der Waals surface area contributed by atoms with Gasteiger partial charge in [-0.2, -0.15) is 0 Å². The van der Waals surface area contributed by atoms with Gasteiger partial charge in [0.05, 0.1) is 6.04 Å². The minimum absolute atomic E-state index is 0.0306. The van der Waals surface area contributed by atoms with E-state index in [0.717, 1.165) is 24.8 Å². The number of aldehydes is 1. The van der Waals surface area contributed by atoms with Crippen molar-refractivity contribution in [1.82, 2.24) is 10.2 Å². The van der Waals surface area contributed by atoms with Crippen molar-refractivity contribution in [2.24, 2.45) is 0 Å². The van der Waals surface area contributed by atoms with Gasteiger partial charge >= 0.3 is 0 Å². The molecule has 2 bridgehead atoms. The Hall–Kier alpha value is -1.68. The van der Waals surface area contributed by atoms with Crippen LogP contribution in [0.2, 0.25) is 0 Å². The highest BCUT2D eigenvalue weighted by molar-refractivity contribution is 5.84. The van der Waals surface area contributed by atoms with Crippen molar-refractivity contribution in [2.75, 3.05) is 6.54 Å². The normalized spacial score (nSPS) is 26.6. The van der Waals surface area contributed by atoms with Crippen LogP contribution in [0.4, 0.5) is 0 Å². The fraction of sp³-hybridized carbons (Fsp3) is 0.385. The number of fused-ring (bicyclic) bond motifs is 2. The summed E-state index contributed by atoms with van der Waals surface area (Å²) in [5, 5.41) is 3.22. The minimum Gasteiger partial charge on any atom is -0.335 e. The highest BCUT2D eigenvalue weighted by Gasteiger charge is 2.42. The van der Waals surface area contributed by atoms with E-state index in [4.69, 9.17) is 0 Å². The second-order valence-electron chi connectivity index (χ2n) is 4.73. The van der Waals surface area contributed by atoms with Gasteiger partial charge in [0, 0.05) is 24.7 Å². The zero-order chi connectivity index (χ0) is 11.8. The summed E-state index contributed by atoms with van der Waals surface area (Å²) in [5.41, 5.74) is 1.68. The lowest BCUT2D eigenvalue weighted by molar-refractivity contribution is -0.143. The van der Waals surface area contributed by atoms with E-state index in [2.05, 4.69) is 5.32 Å². The van der Waals surface area contributed by atoms with Crippen LogP contribution in [0, 0.1) is 0 Å². The highest BCUT2D eigenvalue weighted by atomic mass is 16.2. The molecule has 0 radical (unpaired) electrons. The Morgan fingerprint density at radius 1 is 1.47 bits per heavy atom. The fourth-order valence-corrected chi connectivity index (χ4v) is 2.55. The maximum absolute atomic E-state index is 11.9. The number of nitrogens with zero attached hydrogens (tertiary/aromatic N) is 1. The molecule has 3 heterocycles. The van der Waals surface area contributed by atoms with Crippen molar-refractivity contribution in [3.8, 4) is 0 Å². The molecule has 1 aromatic rings. The molecular weight excluding hydrogens is 216 g/mol. The van der Waals surface area contributed by atoms with Crippen LogP contribution in [-0.2, 0) is 11.3 Å². The molecule has 4 nitrogen and oxygen atoms in total. The van der Waals surface area contributed by atoms with Crippen LogP contribution < -0.4 is 5.32 Å². The third-order valence-electron chi connectivity index (χ3n) is 3.47. The third-order valence-corrected chi connectivity index (χ3v) is 3.47. The molecule has 2 unspecified atom stereocenters. The molecule has 0 saturated carbocycles. The number of nitrogens with one attached hydrogen (secondary N) is 1. The van der Waals surface area contributed by atoms with Gasteiger partial charge in [0.1, 0.15) is 6.29 Å². The van der Waals surface area contributed by atoms with Gasteiger partial charge in [0.25, 0.3) is 0 Å². The lowest BCUT2D eigenvalue weighted by Crippen LogP contribution is -2.69. The number of carbonyl (C=O) groups is 2. The topological polar surface area (TPSA) is 49.4 Å². The van der Waals surface area contributed by atoms with Gasteiger partial charge in [-0.25, -0.2) is 0 Å². The molecule has 88 valence electrons. The van der Waals surface area contributed by atoms with E-state index in [0.29, 0.717) is 18.2 Å². The molecule has 3 aliphatic rings. The predicted molar refractivity (Wildman–Crippen MR) is 62.6 cm³/mol. The Kier molecular flexibility index (Phi) is 2.44. The number of benzene rings is 1. The van der Waals surface area contributed by atoms with E-state index in [1.54, 1.807) is 6.07 Å². The van der Waals surface area contributed by atoms with E-state index < -0.39 is 0 Å². The zero-order valence-electron chi connectivity index (χ0n) is 9.43. The lowest BCUT2D eigenvalue weighted by atomic mass is 9.90. The average molecular weight is 230 g/mol. The van der Waals surface area contributed by atoms with Crippen molar-refractivity contribution in [2.45, 2.75) is 25.0 Å². The van der Waals surface area contributed by atoms with E-state index in [1.165, 1.54) is 0 Å². The van der Waals surface area contributed by atoms with Gasteiger partial charge in [-0.15, -0.1) is 0 Å². The Balaban J connectivity index is 1.73. The van der Waals surface area contributed by atoms with Crippen molar-refractivity contribution < 1.29 is 9.59 Å². The van der Waals surface area contributed by atoms with Crippen molar-refractivity contribution in [3.63, 3.8) is 0 Å². The number of rotatable bonds is 3. The lowest BCUT2D eigenvalue weighted by Gasteiger charge is -2.47. The standard InChI is InChI=1S/C13H14N2O2/c16-8-10-3-1-2-9(4-10)6-15-7-11-5-12(14-11)13(15)17/h1-4,8,11-12,14H,5-7H2. The van der Waals surface area contributed by atoms with Gasteiger partial charge in [-0.1, -0.05) is 18.2 Å². The molecule has 0 aromatic heterocycles. The smallest absolute Gasteiger partial charge is 0.240 e. The molecule has 1 aromatic carbocycles. The molecule has 1 amide bonds. The molecule has 4 heteroatoms. The van der Waals surface area contributed by atoms with Crippen molar-refractivity contribution in [3.05, 3.63) is 35.4 Å². The zero-order valence-corrected chi connectivity index (χ0v) is 9.43. The highest BCUT2D eigenvalue weighted by Crippen LogP contribution is 2.23. The molecule has 3 fully saturated rings. The van der Waals surface area contributed by atoms with Crippen LogP contribution in [0.5, 0.6) is 0 Å². The summed E-state index contributed by atoms with van der Waals surface area (Å²) in [6, 6.07) is 7.91. The molecular formula is C13H14N2O2. The number of amides is 1. The van der Waals surface area contributed by atoms with Crippen molar-refractivity contribution in [1.29, 1.82) is 0 Å². The molecule has 4 rings (SSSR count). The van der Waals surface area contributed by atoms with E-state index in [9.17, 15) is 9.59 Å². The number of piperazine rings is 1. The summed E-state index contributed by atoms with van der Waals surface area (Å²) in [6.07, 6.45) is 1.81. The molecule has 0 aliphatic carbocycles. The quantitative estimate of drug-likeness (QED) is 0.772. The van der Waals surface area contributed by atoms with Crippen LogP contribution >= 0.6 is 0 Å². The summed E-state index contributed by atoms with van der Waals surface area (Å²) in [4.78, 5) is 24.5. The first-order chi connectivity index (χ1) is 8.26. The second kappa shape index (κ2) is 3.96. The molecule has 2 atom stereocenters. The number of piperidine rings is 1. The monoisotopic (exact) mass is 230 g/mol. The first-order valence-electron chi connectivity index (χ1n) is 5.85. The van der Waals surface area contributed by atoms with Gasteiger partial charge in [-0.05, 0) is 18.1 Å². The maximum Gasteiger partial charge on any atom is 0.240 e. The van der Waals surface area contributed by atoms with Gasteiger partial charge in [-0.3, -0.25) is 9.59 Å². The first kappa shape index (κ1) is 10.5. The number of carbonyl (C=O) groups excluding carboxylic acids is 2. The third kappa shape index (κ3) is 1.85. The number of hydrogen-bond acceptors (Lipinski definition) is 3. The fourth-order valence-electron chi connectivity index (χ4n) is 2.55. The summed E-state index contributed by atoms with van der Waals surface area (Å²) in [7, 11) is 0. The number of hydrogen-bond donors (Lipinski definition) is 1. The van der Waals surface area contributed by atoms with E-state index >= 15 is 0 Å². The summed E-state index contributed by atoms with van der Waals surface area (Å²) < 4.78 is 0. The van der Waals surface area contributed by atoms with Crippen LogP contribution in [0.1, 0.15) is 22.3 Å². The van der Waals surface area contributed by atoms with Gasteiger partial charge < -0.3 is 10.2 Å².